The van der Waals surface area contributed by atoms with Gasteiger partial charge < -0.3 is 10.6 Å². The first kappa shape index (κ1) is 13.1. The van der Waals surface area contributed by atoms with Crippen LogP contribution in [0, 0.1) is 0 Å². The van der Waals surface area contributed by atoms with Crippen molar-refractivity contribution in [2.75, 3.05) is 26.4 Å². The number of amides is 1. The van der Waals surface area contributed by atoms with Gasteiger partial charge >= 0.3 is 0 Å². The molecule has 0 aliphatic heterocycles. The van der Waals surface area contributed by atoms with E-state index >= 15 is 0 Å². The van der Waals surface area contributed by atoms with E-state index in [4.69, 9.17) is 0 Å². The van der Waals surface area contributed by atoms with Gasteiger partial charge in [0.25, 0.3) is 0 Å². The molecule has 0 saturated carbocycles. The van der Waals surface area contributed by atoms with E-state index < -0.39 is 0 Å². The summed E-state index contributed by atoms with van der Waals surface area (Å²) >= 11 is 1.56. The third kappa shape index (κ3) is 3.87. The minimum absolute atomic E-state index is 0.0777. The van der Waals surface area contributed by atoms with E-state index in [0.29, 0.717) is 6.54 Å². The van der Waals surface area contributed by atoms with Crippen LogP contribution in [0.1, 0.15) is 10.8 Å². The molecule has 0 heterocycles. The highest BCUT2D eigenvalue weighted by Gasteiger charge is 2.18. The average molecular weight is 238 g/mol. The lowest BCUT2D eigenvalue weighted by atomic mass is 10.1. The van der Waals surface area contributed by atoms with Crippen molar-refractivity contribution < 1.29 is 4.79 Å². The first-order chi connectivity index (χ1) is 7.79. The SMILES string of the molecule is CNCCNC(=O)C(SC)c1ccccc1. The Morgan fingerprint density at radius 3 is 2.56 bits per heavy atom. The van der Waals surface area contributed by atoms with Crippen LogP contribution in [-0.2, 0) is 4.79 Å². The second-order valence-electron chi connectivity index (χ2n) is 3.42. The summed E-state index contributed by atoms with van der Waals surface area (Å²) in [7, 11) is 1.87. The molecule has 88 valence electrons. The minimum Gasteiger partial charge on any atom is -0.354 e. The zero-order valence-electron chi connectivity index (χ0n) is 9.69. The maximum absolute atomic E-state index is 11.9. The predicted molar refractivity (Wildman–Crippen MR) is 69.6 cm³/mol. The molecule has 0 radical (unpaired) electrons. The number of rotatable bonds is 6. The van der Waals surface area contributed by atoms with Crippen molar-refractivity contribution in [1.29, 1.82) is 0 Å². The van der Waals surface area contributed by atoms with E-state index in [1.54, 1.807) is 11.8 Å². The topological polar surface area (TPSA) is 41.1 Å². The summed E-state index contributed by atoms with van der Waals surface area (Å²) in [6, 6.07) is 9.84. The average Bonchev–Trinajstić information content (AvgIpc) is 2.32. The third-order valence-electron chi connectivity index (χ3n) is 2.25. The summed E-state index contributed by atoms with van der Waals surface area (Å²) in [6.07, 6.45) is 1.95. The monoisotopic (exact) mass is 238 g/mol. The van der Waals surface area contributed by atoms with Crippen molar-refractivity contribution >= 4 is 17.7 Å². The third-order valence-corrected chi connectivity index (χ3v) is 3.21. The van der Waals surface area contributed by atoms with Crippen molar-refractivity contribution in [2.45, 2.75) is 5.25 Å². The number of hydrogen-bond acceptors (Lipinski definition) is 3. The smallest absolute Gasteiger partial charge is 0.237 e. The number of likely N-dealkylation sites (N-methyl/N-ethyl adjacent to an activating group) is 1. The molecule has 0 bridgehead atoms. The first-order valence-electron chi connectivity index (χ1n) is 5.29. The van der Waals surface area contributed by atoms with Gasteiger partial charge in [-0.05, 0) is 18.9 Å². The fraction of sp³-hybridized carbons (Fsp3) is 0.417. The fourth-order valence-electron chi connectivity index (χ4n) is 1.43. The Kier molecular flexibility index (Phi) is 5.96. The quantitative estimate of drug-likeness (QED) is 0.737. The summed E-state index contributed by atoms with van der Waals surface area (Å²) in [5, 5.41) is 5.80. The number of benzene rings is 1. The Balaban J connectivity index is 2.57. The van der Waals surface area contributed by atoms with E-state index in [9.17, 15) is 4.79 Å². The highest BCUT2D eigenvalue weighted by molar-refractivity contribution is 7.99. The van der Waals surface area contributed by atoms with Crippen LogP contribution in [-0.4, -0.2) is 32.3 Å². The summed E-state index contributed by atoms with van der Waals surface area (Å²) in [5.41, 5.74) is 1.05. The molecule has 1 unspecified atom stereocenters. The Labute approximate surface area is 101 Å². The van der Waals surface area contributed by atoms with Gasteiger partial charge in [-0.1, -0.05) is 30.3 Å². The highest BCUT2D eigenvalue weighted by Crippen LogP contribution is 2.26. The number of carbonyl (C=O) groups is 1. The van der Waals surface area contributed by atoms with E-state index in [1.165, 1.54) is 0 Å². The number of hydrogen-bond donors (Lipinski definition) is 2. The molecule has 0 fully saturated rings. The van der Waals surface area contributed by atoms with Gasteiger partial charge in [-0.15, -0.1) is 11.8 Å². The van der Waals surface area contributed by atoms with Gasteiger partial charge in [0.2, 0.25) is 5.91 Å². The summed E-state index contributed by atoms with van der Waals surface area (Å²) < 4.78 is 0. The molecule has 0 aromatic heterocycles. The fourth-order valence-corrected chi connectivity index (χ4v) is 2.15. The van der Waals surface area contributed by atoms with Crippen LogP contribution in [0.4, 0.5) is 0 Å². The molecule has 0 saturated heterocycles. The largest absolute Gasteiger partial charge is 0.354 e. The van der Waals surface area contributed by atoms with Crippen LogP contribution in [0.3, 0.4) is 0 Å². The number of nitrogens with one attached hydrogen (secondary N) is 2. The van der Waals surface area contributed by atoms with Crippen LogP contribution in [0.15, 0.2) is 30.3 Å². The lowest BCUT2D eigenvalue weighted by Crippen LogP contribution is -2.33. The molecule has 0 aliphatic carbocycles. The van der Waals surface area contributed by atoms with Crippen LogP contribution in [0.2, 0.25) is 0 Å². The van der Waals surface area contributed by atoms with Gasteiger partial charge in [-0.3, -0.25) is 4.79 Å². The highest BCUT2D eigenvalue weighted by atomic mass is 32.2. The standard InChI is InChI=1S/C12H18N2OS/c1-13-8-9-14-12(15)11(16-2)10-6-4-3-5-7-10/h3-7,11,13H,8-9H2,1-2H3,(H,14,15). The number of thioether (sulfide) groups is 1. The minimum atomic E-state index is -0.113. The zero-order valence-corrected chi connectivity index (χ0v) is 10.5. The summed E-state index contributed by atoms with van der Waals surface area (Å²) in [4.78, 5) is 11.9. The van der Waals surface area contributed by atoms with E-state index in [0.717, 1.165) is 12.1 Å². The number of carbonyl (C=O) groups excluding carboxylic acids is 1. The van der Waals surface area contributed by atoms with Crippen LogP contribution >= 0.6 is 11.8 Å². The summed E-state index contributed by atoms with van der Waals surface area (Å²) in [6.45, 7) is 1.46. The zero-order chi connectivity index (χ0) is 11.8. The Bertz CT molecular complexity index is 316. The van der Waals surface area contributed by atoms with Gasteiger partial charge in [0.15, 0.2) is 0 Å². The molecule has 1 amide bonds. The first-order valence-corrected chi connectivity index (χ1v) is 6.58. The van der Waals surface area contributed by atoms with Crippen molar-refractivity contribution in [3.63, 3.8) is 0 Å². The predicted octanol–water partition coefficient (Wildman–Crippen LogP) is 1.43. The van der Waals surface area contributed by atoms with Crippen molar-refractivity contribution in [2.24, 2.45) is 0 Å². The van der Waals surface area contributed by atoms with Crippen molar-refractivity contribution in [1.82, 2.24) is 10.6 Å². The lowest BCUT2D eigenvalue weighted by Gasteiger charge is -2.14. The van der Waals surface area contributed by atoms with Gasteiger partial charge in [-0.25, -0.2) is 0 Å². The van der Waals surface area contributed by atoms with Gasteiger partial charge in [-0.2, -0.15) is 0 Å². The molecule has 2 N–H and O–H groups in total. The maximum atomic E-state index is 11.9. The van der Waals surface area contributed by atoms with Gasteiger partial charge in [0.1, 0.15) is 5.25 Å². The van der Waals surface area contributed by atoms with E-state index in [2.05, 4.69) is 10.6 Å². The van der Waals surface area contributed by atoms with Crippen molar-refractivity contribution in [3.8, 4) is 0 Å². The lowest BCUT2D eigenvalue weighted by molar-refractivity contribution is -0.120. The molecule has 1 aromatic carbocycles. The molecule has 16 heavy (non-hydrogen) atoms. The molecule has 0 aliphatic rings. The molecule has 0 spiro atoms. The van der Waals surface area contributed by atoms with Crippen LogP contribution < -0.4 is 10.6 Å². The van der Waals surface area contributed by atoms with Crippen LogP contribution in [0.5, 0.6) is 0 Å². The molecular weight excluding hydrogens is 220 g/mol. The molecule has 3 nitrogen and oxygen atoms in total. The Hall–Kier alpha value is -1.00. The van der Waals surface area contributed by atoms with Crippen LogP contribution in [0.25, 0.3) is 0 Å². The second-order valence-corrected chi connectivity index (χ2v) is 4.36. The van der Waals surface area contributed by atoms with Gasteiger partial charge in [0.05, 0.1) is 0 Å². The molecule has 1 rings (SSSR count). The normalized spacial score (nSPS) is 12.1. The van der Waals surface area contributed by atoms with Gasteiger partial charge in [0, 0.05) is 13.1 Å². The second kappa shape index (κ2) is 7.30. The van der Waals surface area contributed by atoms with Crippen molar-refractivity contribution in [3.05, 3.63) is 35.9 Å². The molecule has 1 aromatic rings. The molecular formula is C12H18N2OS. The Morgan fingerprint density at radius 1 is 1.31 bits per heavy atom. The summed E-state index contributed by atoms with van der Waals surface area (Å²) in [5.74, 6) is 0.0777. The van der Waals surface area contributed by atoms with E-state index in [-0.39, 0.29) is 11.2 Å². The Morgan fingerprint density at radius 2 is 2.00 bits per heavy atom. The van der Waals surface area contributed by atoms with E-state index in [1.807, 2.05) is 43.6 Å². The maximum Gasteiger partial charge on any atom is 0.237 e. The molecule has 1 atom stereocenters. The molecule has 4 heteroatoms.